The first kappa shape index (κ1) is 17.4. The number of hydrogen-bond donors (Lipinski definition) is 0. The largest absolute Gasteiger partial charge is 0.497 e. The molecular weight excluding hydrogens is 348 g/mol. The molecule has 4 rings (SSSR count). The zero-order chi connectivity index (χ0) is 18.3. The topological polar surface area (TPSA) is 49.9 Å². The van der Waals surface area contributed by atoms with E-state index in [1.807, 2.05) is 31.2 Å². The summed E-state index contributed by atoms with van der Waals surface area (Å²) in [5.74, 6) is 1.22. The molecule has 6 heteroatoms. The molecule has 0 unspecified atom stereocenters. The van der Waals surface area contributed by atoms with E-state index >= 15 is 0 Å². The molecule has 2 fully saturated rings. The second-order valence-corrected chi connectivity index (χ2v) is 9.08. The van der Waals surface area contributed by atoms with Crippen molar-refractivity contribution < 1.29 is 13.2 Å². The summed E-state index contributed by atoms with van der Waals surface area (Å²) < 4.78 is 32.9. The maximum Gasteiger partial charge on any atom is 0.243 e. The van der Waals surface area contributed by atoms with E-state index in [1.54, 1.807) is 23.5 Å². The summed E-state index contributed by atoms with van der Waals surface area (Å²) in [6, 6.07) is 15.4. The monoisotopic (exact) mass is 372 g/mol. The van der Waals surface area contributed by atoms with Crippen LogP contribution in [0.2, 0.25) is 0 Å². The highest BCUT2D eigenvalue weighted by atomic mass is 32.2. The highest BCUT2D eigenvalue weighted by Gasteiger charge is 2.45. The zero-order valence-corrected chi connectivity index (χ0v) is 15.9. The summed E-state index contributed by atoms with van der Waals surface area (Å²) in [7, 11) is -1.77. The molecule has 0 aromatic heterocycles. The highest BCUT2D eigenvalue weighted by Crippen LogP contribution is 2.37. The molecule has 0 amide bonds. The number of methoxy groups -OCH3 is 1. The molecule has 2 aromatic rings. The van der Waals surface area contributed by atoms with Crippen molar-refractivity contribution in [1.82, 2.24) is 4.31 Å². The van der Waals surface area contributed by atoms with Crippen LogP contribution in [-0.2, 0) is 10.0 Å². The van der Waals surface area contributed by atoms with Gasteiger partial charge in [-0.1, -0.05) is 17.7 Å². The van der Waals surface area contributed by atoms with Crippen LogP contribution in [0.4, 0.5) is 5.69 Å². The Kier molecular flexibility index (Phi) is 4.40. The minimum absolute atomic E-state index is 0.239. The zero-order valence-electron chi connectivity index (χ0n) is 15.1. The first-order valence-electron chi connectivity index (χ1n) is 8.96. The Hall–Kier alpha value is -2.05. The van der Waals surface area contributed by atoms with Crippen LogP contribution in [0.5, 0.6) is 5.75 Å². The number of nitrogens with zero attached hydrogens (tertiary/aromatic N) is 2. The summed E-state index contributed by atoms with van der Waals surface area (Å²) >= 11 is 0. The van der Waals surface area contributed by atoms with Crippen LogP contribution in [0.25, 0.3) is 0 Å². The van der Waals surface area contributed by atoms with E-state index in [4.69, 9.17) is 4.74 Å². The van der Waals surface area contributed by atoms with Gasteiger partial charge in [-0.2, -0.15) is 4.31 Å². The van der Waals surface area contributed by atoms with Gasteiger partial charge in [-0.3, -0.25) is 0 Å². The molecule has 0 N–H and O–H groups in total. The van der Waals surface area contributed by atoms with Crippen molar-refractivity contribution in [3.8, 4) is 5.75 Å². The molecular formula is C20H24N2O3S. The number of benzene rings is 2. The van der Waals surface area contributed by atoms with E-state index in [0.29, 0.717) is 23.9 Å². The second kappa shape index (κ2) is 6.59. The van der Waals surface area contributed by atoms with Gasteiger partial charge in [-0.25, -0.2) is 8.42 Å². The Labute approximate surface area is 155 Å². The fourth-order valence-electron chi connectivity index (χ4n) is 4.07. The van der Waals surface area contributed by atoms with Gasteiger partial charge in [0.25, 0.3) is 0 Å². The SMILES string of the molecule is COc1ccc(N2CC[C@H]3CN(S(=O)(=O)c4ccc(C)cc4)C[C@H]32)cc1. The van der Waals surface area contributed by atoms with Gasteiger partial charge in [0.2, 0.25) is 10.0 Å². The number of rotatable bonds is 4. The molecule has 2 atom stereocenters. The molecule has 0 aliphatic carbocycles. The van der Waals surface area contributed by atoms with E-state index in [0.717, 1.165) is 30.0 Å². The van der Waals surface area contributed by atoms with Gasteiger partial charge in [0, 0.05) is 31.4 Å². The molecule has 0 radical (unpaired) electrons. The molecule has 5 nitrogen and oxygen atoms in total. The maximum absolute atomic E-state index is 13.0. The third-order valence-electron chi connectivity index (χ3n) is 5.58. The lowest BCUT2D eigenvalue weighted by Crippen LogP contribution is -2.37. The standard InChI is InChI=1S/C20H24N2O3S/c1-15-3-9-19(10-4-15)26(23,24)21-13-16-11-12-22(20(16)14-21)17-5-7-18(25-2)8-6-17/h3-10,16,20H,11-14H2,1-2H3/t16-,20+/m0/s1. The van der Waals surface area contributed by atoms with Crippen LogP contribution in [0.3, 0.4) is 0 Å². The lowest BCUT2D eigenvalue weighted by molar-refractivity contribution is 0.415. The summed E-state index contributed by atoms with van der Waals surface area (Å²) in [6.45, 7) is 4.09. The number of sulfonamides is 1. The Balaban J connectivity index is 1.54. The molecule has 2 aliphatic rings. The molecule has 0 bridgehead atoms. The molecule has 2 aromatic carbocycles. The molecule has 2 aliphatic heterocycles. The number of anilines is 1. The van der Waals surface area contributed by atoms with Crippen molar-refractivity contribution in [1.29, 1.82) is 0 Å². The van der Waals surface area contributed by atoms with Gasteiger partial charge >= 0.3 is 0 Å². The summed E-state index contributed by atoms with van der Waals surface area (Å²) in [5.41, 5.74) is 2.20. The maximum atomic E-state index is 13.0. The summed E-state index contributed by atoms with van der Waals surface area (Å²) in [5, 5.41) is 0. The lowest BCUT2D eigenvalue weighted by Gasteiger charge is -2.27. The van der Waals surface area contributed by atoms with E-state index in [2.05, 4.69) is 17.0 Å². The van der Waals surface area contributed by atoms with Gasteiger partial charge < -0.3 is 9.64 Å². The normalized spacial score (nSPS) is 23.2. The minimum Gasteiger partial charge on any atom is -0.497 e. The first-order valence-corrected chi connectivity index (χ1v) is 10.4. The average Bonchev–Trinajstić information content (AvgIpc) is 3.23. The molecule has 138 valence electrons. The fraction of sp³-hybridized carbons (Fsp3) is 0.400. The third-order valence-corrected chi connectivity index (χ3v) is 7.42. The number of fused-ring (bicyclic) bond motifs is 1. The molecule has 2 heterocycles. The molecule has 0 spiro atoms. The van der Waals surface area contributed by atoms with Crippen molar-refractivity contribution in [2.45, 2.75) is 24.3 Å². The number of hydrogen-bond acceptors (Lipinski definition) is 4. The van der Waals surface area contributed by atoms with Crippen LogP contribution in [0.15, 0.2) is 53.4 Å². The lowest BCUT2D eigenvalue weighted by atomic mass is 10.1. The second-order valence-electron chi connectivity index (χ2n) is 7.14. The van der Waals surface area contributed by atoms with Crippen molar-refractivity contribution in [3.63, 3.8) is 0 Å². The summed E-state index contributed by atoms with van der Waals surface area (Å²) in [4.78, 5) is 2.73. The Morgan fingerprint density at radius 3 is 2.35 bits per heavy atom. The summed E-state index contributed by atoms with van der Waals surface area (Å²) in [6.07, 6.45) is 1.02. The van der Waals surface area contributed by atoms with Crippen LogP contribution in [0, 0.1) is 12.8 Å². The van der Waals surface area contributed by atoms with E-state index in [-0.39, 0.29) is 6.04 Å². The molecule has 26 heavy (non-hydrogen) atoms. The van der Waals surface area contributed by atoms with Crippen LogP contribution in [0.1, 0.15) is 12.0 Å². The molecule has 2 saturated heterocycles. The molecule has 0 saturated carbocycles. The van der Waals surface area contributed by atoms with Crippen LogP contribution in [-0.4, -0.2) is 45.5 Å². The van der Waals surface area contributed by atoms with E-state index < -0.39 is 10.0 Å². The van der Waals surface area contributed by atoms with Crippen molar-refractivity contribution in [3.05, 3.63) is 54.1 Å². The Morgan fingerprint density at radius 1 is 1.00 bits per heavy atom. The minimum atomic E-state index is -3.43. The van der Waals surface area contributed by atoms with E-state index in [1.165, 1.54) is 0 Å². The van der Waals surface area contributed by atoms with Gasteiger partial charge in [0.05, 0.1) is 12.0 Å². The van der Waals surface area contributed by atoms with Crippen LogP contribution < -0.4 is 9.64 Å². The number of aryl methyl sites for hydroxylation is 1. The van der Waals surface area contributed by atoms with Crippen molar-refractivity contribution in [2.24, 2.45) is 5.92 Å². The van der Waals surface area contributed by atoms with Crippen LogP contribution >= 0.6 is 0 Å². The smallest absolute Gasteiger partial charge is 0.243 e. The third kappa shape index (κ3) is 2.97. The predicted octanol–water partition coefficient (Wildman–Crippen LogP) is 2.90. The van der Waals surface area contributed by atoms with Crippen molar-refractivity contribution >= 4 is 15.7 Å². The fourth-order valence-corrected chi connectivity index (χ4v) is 5.59. The van der Waals surface area contributed by atoms with E-state index in [9.17, 15) is 8.42 Å². The van der Waals surface area contributed by atoms with Gasteiger partial charge in [0.15, 0.2) is 0 Å². The van der Waals surface area contributed by atoms with Gasteiger partial charge in [-0.05, 0) is 55.7 Å². The first-order chi connectivity index (χ1) is 12.5. The predicted molar refractivity (Wildman–Crippen MR) is 102 cm³/mol. The Bertz CT molecular complexity index is 878. The highest BCUT2D eigenvalue weighted by molar-refractivity contribution is 7.89. The quantitative estimate of drug-likeness (QED) is 0.828. The van der Waals surface area contributed by atoms with Gasteiger partial charge in [0.1, 0.15) is 5.75 Å². The average molecular weight is 372 g/mol. The number of ether oxygens (including phenoxy) is 1. The van der Waals surface area contributed by atoms with Gasteiger partial charge in [-0.15, -0.1) is 0 Å². The van der Waals surface area contributed by atoms with Crippen molar-refractivity contribution in [2.75, 3.05) is 31.6 Å². The Morgan fingerprint density at radius 2 is 1.69 bits per heavy atom.